The molecule has 3 nitrogen and oxygen atoms in total. The number of ether oxygens (including phenoxy) is 2. The minimum absolute atomic E-state index is 0.672. The first-order chi connectivity index (χ1) is 10.4. The van der Waals surface area contributed by atoms with Crippen LogP contribution in [-0.2, 0) is 16.0 Å². The van der Waals surface area contributed by atoms with E-state index in [9.17, 15) is 0 Å². The van der Waals surface area contributed by atoms with Gasteiger partial charge >= 0.3 is 0 Å². The Morgan fingerprint density at radius 1 is 1.05 bits per heavy atom. The highest BCUT2D eigenvalue weighted by molar-refractivity contribution is 7.10. The van der Waals surface area contributed by atoms with Gasteiger partial charge < -0.3 is 14.8 Å². The summed E-state index contributed by atoms with van der Waals surface area (Å²) >= 11 is 1.81. The molecular formula is C17H23NO2S. The lowest BCUT2D eigenvalue weighted by atomic mass is 10.1. The molecule has 0 aliphatic rings. The third kappa shape index (κ3) is 5.98. The van der Waals surface area contributed by atoms with Crippen LogP contribution in [0.15, 0.2) is 41.8 Å². The van der Waals surface area contributed by atoms with Crippen molar-refractivity contribution in [3.8, 4) is 11.1 Å². The predicted molar refractivity (Wildman–Crippen MR) is 88.8 cm³/mol. The Hall–Kier alpha value is -1.20. The first-order valence-corrected chi connectivity index (χ1v) is 8.18. The molecule has 1 aromatic carbocycles. The number of hydrogen-bond donors (Lipinski definition) is 1. The van der Waals surface area contributed by atoms with Crippen LogP contribution in [0.2, 0.25) is 0 Å². The van der Waals surface area contributed by atoms with Crippen molar-refractivity contribution < 1.29 is 9.47 Å². The summed E-state index contributed by atoms with van der Waals surface area (Å²) < 4.78 is 10.4. The van der Waals surface area contributed by atoms with Gasteiger partial charge in [-0.1, -0.05) is 30.3 Å². The summed E-state index contributed by atoms with van der Waals surface area (Å²) in [7, 11) is 1.69. The molecule has 2 aromatic rings. The Balaban J connectivity index is 1.63. The molecule has 1 N–H and O–H groups in total. The summed E-state index contributed by atoms with van der Waals surface area (Å²) in [6, 6.07) is 12.8. The Bertz CT molecular complexity index is 499. The molecule has 0 atom stereocenters. The number of benzene rings is 1. The van der Waals surface area contributed by atoms with Crippen molar-refractivity contribution in [2.75, 3.05) is 33.5 Å². The minimum atomic E-state index is 0.672. The zero-order valence-electron chi connectivity index (χ0n) is 12.5. The van der Waals surface area contributed by atoms with Crippen molar-refractivity contribution in [1.29, 1.82) is 0 Å². The summed E-state index contributed by atoms with van der Waals surface area (Å²) in [5.74, 6) is 0. The molecule has 0 aliphatic carbocycles. The van der Waals surface area contributed by atoms with Gasteiger partial charge in [-0.05, 0) is 35.5 Å². The number of thiophene rings is 1. The van der Waals surface area contributed by atoms with Crippen LogP contribution in [0.4, 0.5) is 0 Å². The van der Waals surface area contributed by atoms with Gasteiger partial charge in [0.15, 0.2) is 0 Å². The fraction of sp³-hybridized carbons (Fsp3) is 0.412. The van der Waals surface area contributed by atoms with E-state index in [-0.39, 0.29) is 0 Å². The maximum Gasteiger partial charge on any atom is 0.0700 e. The SMILES string of the molecule is COCCOCCCNCc1cc(-c2ccccc2)cs1. The van der Waals surface area contributed by atoms with Crippen molar-refractivity contribution in [1.82, 2.24) is 5.32 Å². The monoisotopic (exact) mass is 305 g/mol. The van der Waals surface area contributed by atoms with Crippen molar-refractivity contribution in [2.24, 2.45) is 0 Å². The van der Waals surface area contributed by atoms with Crippen LogP contribution in [0.3, 0.4) is 0 Å². The van der Waals surface area contributed by atoms with Gasteiger partial charge in [0.05, 0.1) is 13.2 Å². The largest absolute Gasteiger partial charge is 0.382 e. The van der Waals surface area contributed by atoms with Gasteiger partial charge in [-0.25, -0.2) is 0 Å². The molecule has 114 valence electrons. The van der Waals surface area contributed by atoms with Gasteiger partial charge in [0.2, 0.25) is 0 Å². The second kappa shape index (κ2) is 9.68. The molecule has 0 saturated carbocycles. The highest BCUT2D eigenvalue weighted by Gasteiger charge is 2.01. The molecule has 0 spiro atoms. The van der Waals surface area contributed by atoms with Gasteiger partial charge in [0.25, 0.3) is 0 Å². The van der Waals surface area contributed by atoms with Gasteiger partial charge in [-0.2, -0.15) is 0 Å². The van der Waals surface area contributed by atoms with Gasteiger partial charge in [-0.15, -0.1) is 11.3 Å². The number of hydrogen-bond acceptors (Lipinski definition) is 4. The fourth-order valence-electron chi connectivity index (χ4n) is 2.01. The van der Waals surface area contributed by atoms with E-state index >= 15 is 0 Å². The summed E-state index contributed by atoms with van der Waals surface area (Å²) in [5, 5.41) is 5.68. The van der Waals surface area contributed by atoms with E-state index in [1.165, 1.54) is 16.0 Å². The van der Waals surface area contributed by atoms with Crippen LogP contribution in [0.25, 0.3) is 11.1 Å². The van der Waals surface area contributed by atoms with Gasteiger partial charge in [0.1, 0.15) is 0 Å². The fourth-order valence-corrected chi connectivity index (χ4v) is 2.87. The Labute approximate surface area is 130 Å². The quantitative estimate of drug-likeness (QED) is 0.681. The zero-order chi connectivity index (χ0) is 14.8. The number of methoxy groups -OCH3 is 1. The summed E-state index contributed by atoms with van der Waals surface area (Å²) in [5.41, 5.74) is 2.59. The van der Waals surface area contributed by atoms with Crippen LogP contribution >= 0.6 is 11.3 Å². The molecule has 4 heteroatoms. The van der Waals surface area contributed by atoms with Crippen LogP contribution < -0.4 is 5.32 Å². The standard InChI is InChI=1S/C17H23NO2S/c1-19-10-11-20-9-5-8-18-13-17-12-16(14-21-17)15-6-3-2-4-7-15/h2-4,6-7,12,14,18H,5,8-11,13H2,1H3. The molecule has 1 heterocycles. The second-order valence-electron chi connectivity index (χ2n) is 4.80. The highest BCUT2D eigenvalue weighted by atomic mass is 32.1. The van der Waals surface area contributed by atoms with E-state index < -0.39 is 0 Å². The van der Waals surface area contributed by atoms with E-state index in [2.05, 4.69) is 41.0 Å². The average Bonchev–Trinajstić information content (AvgIpc) is 3.00. The third-order valence-corrected chi connectivity index (χ3v) is 4.07. The molecule has 0 radical (unpaired) electrons. The Kier molecular flexibility index (Phi) is 7.46. The van der Waals surface area contributed by atoms with Crippen LogP contribution in [0, 0.1) is 0 Å². The van der Waals surface area contributed by atoms with E-state index in [4.69, 9.17) is 9.47 Å². The molecule has 2 rings (SSSR count). The Morgan fingerprint density at radius 3 is 2.71 bits per heavy atom. The second-order valence-corrected chi connectivity index (χ2v) is 5.80. The van der Waals surface area contributed by atoms with E-state index in [1.54, 1.807) is 7.11 Å². The van der Waals surface area contributed by atoms with E-state index in [0.717, 1.165) is 26.1 Å². The van der Waals surface area contributed by atoms with Gasteiger partial charge in [0, 0.05) is 25.1 Å². The Morgan fingerprint density at radius 2 is 1.90 bits per heavy atom. The molecule has 0 saturated heterocycles. The van der Waals surface area contributed by atoms with Crippen molar-refractivity contribution in [2.45, 2.75) is 13.0 Å². The summed E-state index contributed by atoms with van der Waals surface area (Å²) in [4.78, 5) is 1.37. The lowest BCUT2D eigenvalue weighted by Gasteiger charge is -2.04. The zero-order valence-corrected chi connectivity index (χ0v) is 13.3. The van der Waals surface area contributed by atoms with Gasteiger partial charge in [-0.3, -0.25) is 0 Å². The third-order valence-electron chi connectivity index (χ3n) is 3.13. The van der Waals surface area contributed by atoms with Crippen molar-refractivity contribution in [3.63, 3.8) is 0 Å². The molecule has 0 bridgehead atoms. The predicted octanol–water partition coefficient (Wildman–Crippen LogP) is 3.56. The molecule has 0 fully saturated rings. The lowest BCUT2D eigenvalue weighted by Crippen LogP contribution is -2.16. The average molecular weight is 305 g/mol. The molecule has 0 amide bonds. The molecule has 0 unspecified atom stereocenters. The van der Waals surface area contributed by atoms with E-state index in [0.29, 0.717) is 13.2 Å². The first-order valence-electron chi connectivity index (χ1n) is 7.30. The maximum atomic E-state index is 5.43. The minimum Gasteiger partial charge on any atom is -0.382 e. The summed E-state index contributed by atoms with van der Waals surface area (Å²) in [6.07, 6.45) is 1.03. The number of rotatable bonds is 10. The maximum absolute atomic E-state index is 5.43. The summed E-state index contributed by atoms with van der Waals surface area (Å²) in [6.45, 7) is 4.05. The lowest BCUT2D eigenvalue weighted by molar-refractivity contribution is 0.0695. The van der Waals surface area contributed by atoms with Crippen molar-refractivity contribution in [3.05, 3.63) is 46.7 Å². The first kappa shape index (κ1) is 16.2. The molecular weight excluding hydrogens is 282 g/mol. The highest BCUT2D eigenvalue weighted by Crippen LogP contribution is 2.25. The topological polar surface area (TPSA) is 30.5 Å². The van der Waals surface area contributed by atoms with E-state index in [1.807, 2.05) is 17.4 Å². The molecule has 0 aliphatic heterocycles. The van der Waals surface area contributed by atoms with Crippen LogP contribution in [0.5, 0.6) is 0 Å². The van der Waals surface area contributed by atoms with Crippen molar-refractivity contribution >= 4 is 11.3 Å². The smallest absolute Gasteiger partial charge is 0.0700 e. The van der Waals surface area contributed by atoms with Crippen LogP contribution in [-0.4, -0.2) is 33.5 Å². The molecule has 21 heavy (non-hydrogen) atoms. The normalized spacial score (nSPS) is 10.9. The molecule has 1 aromatic heterocycles. The van der Waals surface area contributed by atoms with Crippen LogP contribution in [0.1, 0.15) is 11.3 Å². The number of nitrogens with one attached hydrogen (secondary N) is 1.